The molecule has 14 heavy (non-hydrogen) atoms. The number of halogens is 1. The molecule has 1 aromatic rings. The first-order valence-corrected chi connectivity index (χ1v) is 5.08. The second kappa shape index (κ2) is 5.08. The number of aromatic nitrogens is 2. The van der Waals surface area contributed by atoms with Crippen LogP contribution in [0.1, 0.15) is 0 Å². The Balaban J connectivity index is 2.54. The van der Waals surface area contributed by atoms with Crippen LogP contribution < -0.4 is 5.32 Å². The second-order valence-electron chi connectivity index (χ2n) is 2.86. The smallest absolute Gasteiger partial charge is 0.241 e. The highest BCUT2D eigenvalue weighted by molar-refractivity contribution is 14.1. The van der Waals surface area contributed by atoms with Crippen molar-refractivity contribution in [2.24, 2.45) is 0 Å². The zero-order chi connectivity index (χ0) is 10.6. The lowest BCUT2D eigenvalue weighted by Crippen LogP contribution is -2.29. The maximum Gasteiger partial charge on any atom is 0.241 e. The highest BCUT2D eigenvalue weighted by Gasteiger charge is 2.05. The molecule has 0 bridgehead atoms. The van der Waals surface area contributed by atoms with Crippen molar-refractivity contribution in [1.82, 2.24) is 14.9 Å². The Morgan fingerprint density at radius 2 is 2.36 bits per heavy atom. The lowest BCUT2D eigenvalue weighted by atomic mass is 10.5. The van der Waals surface area contributed by atoms with Crippen LogP contribution in [0.5, 0.6) is 0 Å². The molecule has 0 aliphatic heterocycles. The molecule has 0 radical (unpaired) electrons. The third-order valence-electron chi connectivity index (χ3n) is 1.57. The van der Waals surface area contributed by atoms with E-state index in [1.165, 1.54) is 11.2 Å². The van der Waals surface area contributed by atoms with Gasteiger partial charge in [0.25, 0.3) is 0 Å². The van der Waals surface area contributed by atoms with Crippen LogP contribution in [0.4, 0.5) is 5.82 Å². The summed E-state index contributed by atoms with van der Waals surface area (Å²) in [5.41, 5.74) is 0. The molecule has 1 heterocycles. The van der Waals surface area contributed by atoms with E-state index in [1.807, 2.05) is 0 Å². The van der Waals surface area contributed by atoms with Crippen molar-refractivity contribution < 1.29 is 4.79 Å². The fourth-order valence-electron chi connectivity index (χ4n) is 0.760. The van der Waals surface area contributed by atoms with E-state index in [1.54, 1.807) is 20.3 Å². The van der Waals surface area contributed by atoms with E-state index in [2.05, 4.69) is 37.9 Å². The maximum absolute atomic E-state index is 11.2. The molecular formula is C8H11IN4O. The fraction of sp³-hybridized carbons (Fsp3) is 0.375. The summed E-state index contributed by atoms with van der Waals surface area (Å²) in [5.74, 6) is 0.704. The van der Waals surface area contributed by atoms with E-state index in [0.717, 1.165) is 3.57 Å². The third kappa shape index (κ3) is 3.09. The Morgan fingerprint density at radius 1 is 1.64 bits per heavy atom. The first-order chi connectivity index (χ1) is 6.61. The van der Waals surface area contributed by atoms with Crippen molar-refractivity contribution in [1.29, 1.82) is 0 Å². The molecule has 1 rings (SSSR count). The normalized spacial score (nSPS) is 9.64. The number of hydrogen-bond donors (Lipinski definition) is 1. The van der Waals surface area contributed by atoms with Gasteiger partial charge in [-0.2, -0.15) is 0 Å². The largest absolute Gasteiger partial charge is 0.360 e. The lowest BCUT2D eigenvalue weighted by Gasteiger charge is -2.11. The summed E-state index contributed by atoms with van der Waals surface area (Å²) >= 11 is 2.11. The van der Waals surface area contributed by atoms with Crippen LogP contribution in [0.15, 0.2) is 12.5 Å². The van der Waals surface area contributed by atoms with Gasteiger partial charge in [0, 0.05) is 20.3 Å². The van der Waals surface area contributed by atoms with Crippen LogP contribution in [0.25, 0.3) is 0 Å². The summed E-state index contributed by atoms with van der Waals surface area (Å²) in [6.07, 6.45) is 3.14. The monoisotopic (exact) mass is 306 g/mol. The zero-order valence-electron chi connectivity index (χ0n) is 7.99. The molecule has 1 aromatic heterocycles. The Morgan fingerprint density at radius 3 is 2.93 bits per heavy atom. The van der Waals surface area contributed by atoms with E-state index >= 15 is 0 Å². The summed E-state index contributed by atoms with van der Waals surface area (Å²) in [5, 5.41) is 2.94. The van der Waals surface area contributed by atoms with E-state index in [0.29, 0.717) is 5.82 Å². The third-order valence-corrected chi connectivity index (χ3v) is 2.36. The lowest BCUT2D eigenvalue weighted by molar-refractivity contribution is -0.126. The van der Waals surface area contributed by atoms with E-state index in [9.17, 15) is 4.79 Å². The minimum Gasteiger partial charge on any atom is -0.360 e. The number of anilines is 1. The van der Waals surface area contributed by atoms with Crippen molar-refractivity contribution >= 4 is 34.3 Å². The van der Waals surface area contributed by atoms with Crippen molar-refractivity contribution in [2.75, 3.05) is 26.0 Å². The predicted molar refractivity (Wildman–Crippen MR) is 61.9 cm³/mol. The van der Waals surface area contributed by atoms with Gasteiger partial charge in [0.2, 0.25) is 5.91 Å². The van der Waals surface area contributed by atoms with Gasteiger partial charge in [-0.05, 0) is 22.6 Å². The average molecular weight is 306 g/mol. The quantitative estimate of drug-likeness (QED) is 0.830. The molecule has 0 aliphatic rings. The molecule has 0 atom stereocenters. The number of hydrogen-bond acceptors (Lipinski definition) is 4. The first kappa shape index (κ1) is 11.2. The molecule has 1 N–H and O–H groups in total. The average Bonchev–Trinajstić information content (AvgIpc) is 2.16. The summed E-state index contributed by atoms with van der Waals surface area (Å²) in [6.45, 7) is 0.250. The highest BCUT2D eigenvalue weighted by Crippen LogP contribution is 2.11. The Bertz CT molecular complexity index is 329. The molecule has 0 saturated heterocycles. The van der Waals surface area contributed by atoms with Crippen LogP contribution in [0.2, 0.25) is 0 Å². The molecular weight excluding hydrogens is 295 g/mol. The van der Waals surface area contributed by atoms with Gasteiger partial charge in [0.1, 0.15) is 12.1 Å². The summed E-state index contributed by atoms with van der Waals surface area (Å²) < 4.78 is 0.900. The van der Waals surface area contributed by atoms with Gasteiger partial charge in [-0.3, -0.25) is 4.79 Å². The highest BCUT2D eigenvalue weighted by atomic mass is 127. The maximum atomic E-state index is 11.2. The van der Waals surface area contributed by atoms with Crippen molar-refractivity contribution in [3.8, 4) is 0 Å². The Hall–Kier alpha value is -0.920. The number of nitrogens with one attached hydrogen (secondary N) is 1. The summed E-state index contributed by atoms with van der Waals surface area (Å²) in [7, 11) is 3.43. The van der Waals surface area contributed by atoms with E-state index in [4.69, 9.17) is 0 Å². The van der Waals surface area contributed by atoms with Crippen LogP contribution in [0.3, 0.4) is 0 Å². The molecule has 0 aliphatic carbocycles. The van der Waals surface area contributed by atoms with Crippen molar-refractivity contribution in [3.05, 3.63) is 16.1 Å². The van der Waals surface area contributed by atoms with Crippen LogP contribution in [-0.4, -0.2) is 41.4 Å². The van der Waals surface area contributed by atoms with E-state index in [-0.39, 0.29) is 12.5 Å². The number of rotatable bonds is 3. The second-order valence-corrected chi connectivity index (χ2v) is 4.02. The molecule has 0 unspecified atom stereocenters. The molecule has 76 valence electrons. The molecule has 0 aromatic carbocycles. The molecule has 0 saturated carbocycles. The zero-order valence-corrected chi connectivity index (χ0v) is 10.1. The number of amides is 1. The molecule has 0 fully saturated rings. The molecule has 6 heteroatoms. The Kier molecular flexibility index (Phi) is 4.05. The van der Waals surface area contributed by atoms with Crippen LogP contribution >= 0.6 is 22.6 Å². The predicted octanol–water partition coefficient (Wildman–Crippen LogP) is 0.581. The molecule has 0 spiro atoms. The summed E-state index contributed by atoms with van der Waals surface area (Å²) in [4.78, 5) is 20.6. The Labute approximate surface area is 96.1 Å². The summed E-state index contributed by atoms with van der Waals surface area (Å²) in [6, 6.07) is 0. The number of carbonyl (C=O) groups excluding carboxylic acids is 1. The van der Waals surface area contributed by atoms with Crippen LogP contribution in [0, 0.1) is 3.57 Å². The molecule has 1 amide bonds. The van der Waals surface area contributed by atoms with Crippen molar-refractivity contribution in [2.45, 2.75) is 0 Å². The number of carbonyl (C=O) groups is 1. The number of nitrogens with zero attached hydrogens (tertiary/aromatic N) is 3. The standard InChI is InChI=1S/C8H11IN4O/c1-13(2)7(14)4-11-8-6(9)3-10-5-12-8/h3,5H,4H2,1-2H3,(H,10,11,12). The van der Waals surface area contributed by atoms with E-state index < -0.39 is 0 Å². The van der Waals surface area contributed by atoms with Gasteiger partial charge in [-0.15, -0.1) is 0 Å². The number of likely N-dealkylation sites (N-methyl/N-ethyl adjacent to an activating group) is 1. The molecule has 5 nitrogen and oxygen atoms in total. The first-order valence-electron chi connectivity index (χ1n) is 4.01. The minimum atomic E-state index is 0.0133. The fourth-order valence-corrected chi connectivity index (χ4v) is 1.25. The van der Waals surface area contributed by atoms with Crippen LogP contribution in [-0.2, 0) is 4.79 Å². The van der Waals surface area contributed by atoms with Gasteiger partial charge in [0.05, 0.1) is 10.1 Å². The topological polar surface area (TPSA) is 58.1 Å². The van der Waals surface area contributed by atoms with Crippen molar-refractivity contribution in [3.63, 3.8) is 0 Å². The van der Waals surface area contributed by atoms with Gasteiger partial charge in [-0.25, -0.2) is 9.97 Å². The van der Waals surface area contributed by atoms with Gasteiger partial charge in [-0.1, -0.05) is 0 Å². The van der Waals surface area contributed by atoms with Gasteiger partial charge in [0.15, 0.2) is 0 Å². The minimum absolute atomic E-state index is 0.0133. The van der Waals surface area contributed by atoms with Gasteiger partial charge < -0.3 is 10.2 Å². The SMILES string of the molecule is CN(C)C(=O)CNc1ncncc1I. The van der Waals surface area contributed by atoms with Gasteiger partial charge >= 0.3 is 0 Å².